The fraction of sp³-hybridized carbons (Fsp3) is 0.158. The van der Waals surface area contributed by atoms with Gasteiger partial charge in [-0.2, -0.15) is 0 Å². The van der Waals surface area contributed by atoms with Crippen LogP contribution in [-0.2, 0) is 11.3 Å². The molecule has 9 nitrogen and oxygen atoms in total. The summed E-state index contributed by atoms with van der Waals surface area (Å²) in [4.78, 5) is 50.3. The first kappa shape index (κ1) is 17.5. The highest BCUT2D eigenvalue weighted by molar-refractivity contribution is 5.99. The second-order valence-electron chi connectivity index (χ2n) is 6.23. The van der Waals surface area contributed by atoms with Gasteiger partial charge in [-0.1, -0.05) is 12.1 Å². The minimum Gasteiger partial charge on any atom is -0.482 e. The van der Waals surface area contributed by atoms with Crippen LogP contribution < -0.4 is 26.5 Å². The van der Waals surface area contributed by atoms with Gasteiger partial charge < -0.3 is 24.9 Å². The van der Waals surface area contributed by atoms with Gasteiger partial charge in [-0.25, -0.2) is 0 Å². The number of nitrogens with one attached hydrogen (secondary N) is 3. The molecule has 0 saturated heterocycles. The van der Waals surface area contributed by atoms with E-state index in [1.165, 1.54) is 10.6 Å². The molecule has 3 N–H and O–H groups in total. The fourth-order valence-electron chi connectivity index (χ4n) is 3.05. The molecule has 0 unspecified atom stereocenters. The maximum atomic E-state index is 12.4. The molecule has 0 atom stereocenters. The summed E-state index contributed by atoms with van der Waals surface area (Å²) in [5.74, 6) is -0.159. The zero-order valence-corrected chi connectivity index (χ0v) is 14.7. The zero-order valence-electron chi connectivity index (χ0n) is 14.7. The number of para-hydroxylation sites is 2. The van der Waals surface area contributed by atoms with Crippen molar-refractivity contribution in [2.75, 3.05) is 18.5 Å². The van der Waals surface area contributed by atoms with E-state index in [9.17, 15) is 19.2 Å². The molecule has 1 aromatic heterocycles. The summed E-state index contributed by atoms with van der Waals surface area (Å²) in [5.41, 5.74) is 0.504. The van der Waals surface area contributed by atoms with Crippen molar-refractivity contribution in [3.05, 3.63) is 68.7 Å². The van der Waals surface area contributed by atoms with Crippen LogP contribution in [-0.4, -0.2) is 34.5 Å². The monoisotopic (exact) mass is 380 g/mol. The lowest BCUT2D eigenvalue weighted by Gasteiger charge is -2.18. The van der Waals surface area contributed by atoms with Crippen molar-refractivity contribution < 1.29 is 14.3 Å². The predicted molar refractivity (Wildman–Crippen MR) is 102 cm³/mol. The topological polar surface area (TPSA) is 122 Å². The van der Waals surface area contributed by atoms with Crippen molar-refractivity contribution in [2.45, 2.75) is 6.54 Å². The van der Waals surface area contributed by atoms with E-state index in [-0.39, 0.29) is 31.5 Å². The molecule has 2 aromatic carbocycles. The van der Waals surface area contributed by atoms with Crippen LogP contribution in [0.25, 0.3) is 11.0 Å². The quantitative estimate of drug-likeness (QED) is 0.567. The second-order valence-corrected chi connectivity index (χ2v) is 6.23. The number of anilines is 1. The number of hydrogen-bond donors (Lipinski definition) is 3. The first-order valence-corrected chi connectivity index (χ1v) is 8.60. The molecule has 9 heteroatoms. The van der Waals surface area contributed by atoms with E-state index in [0.717, 1.165) is 0 Å². The lowest BCUT2D eigenvalue weighted by Crippen LogP contribution is -2.39. The predicted octanol–water partition coefficient (Wildman–Crippen LogP) is 0.451. The van der Waals surface area contributed by atoms with E-state index >= 15 is 0 Å². The number of H-pyrrole nitrogens is 1. The van der Waals surface area contributed by atoms with Gasteiger partial charge in [-0.3, -0.25) is 19.2 Å². The van der Waals surface area contributed by atoms with Crippen molar-refractivity contribution in [1.82, 2.24) is 14.9 Å². The van der Waals surface area contributed by atoms with E-state index < -0.39 is 11.1 Å². The number of fused-ring (bicyclic) bond motifs is 2. The van der Waals surface area contributed by atoms with Crippen LogP contribution in [0, 0.1) is 0 Å². The Morgan fingerprint density at radius 2 is 1.96 bits per heavy atom. The van der Waals surface area contributed by atoms with Crippen molar-refractivity contribution in [2.24, 2.45) is 0 Å². The van der Waals surface area contributed by atoms with Gasteiger partial charge in [0.15, 0.2) is 6.61 Å². The van der Waals surface area contributed by atoms with Gasteiger partial charge in [0.25, 0.3) is 11.8 Å². The molecule has 0 spiro atoms. The van der Waals surface area contributed by atoms with Crippen LogP contribution in [0.15, 0.2) is 52.1 Å². The molecular weight excluding hydrogens is 364 g/mol. The Morgan fingerprint density at radius 3 is 2.82 bits per heavy atom. The van der Waals surface area contributed by atoms with Gasteiger partial charge in [0, 0.05) is 18.7 Å². The molecule has 0 aliphatic carbocycles. The van der Waals surface area contributed by atoms with Gasteiger partial charge in [0.05, 0.1) is 16.7 Å². The first-order chi connectivity index (χ1) is 13.5. The molecule has 0 saturated carbocycles. The Labute approximate surface area is 157 Å². The molecule has 4 rings (SSSR count). The average Bonchev–Trinajstić information content (AvgIpc) is 2.70. The number of carbonyl (C=O) groups excluding carboxylic acids is 2. The molecule has 0 radical (unpaired) electrons. The third-order valence-electron chi connectivity index (χ3n) is 4.38. The van der Waals surface area contributed by atoms with Crippen LogP contribution in [0.1, 0.15) is 10.4 Å². The molecule has 0 fully saturated rings. The molecule has 142 valence electrons. The van der Waals surface area contributed by atoms with Gasteiger partial charge >= 0.3 is 11.1 Å². The molecule has 0 bridgehead atoms. The summed E-state index contributed by atoms with van der Waals surface area (Å²) >= 11 is 0. The number of nitrogens with zero attached hydrogens (tertiary/aromatic N) is 1. The number of rotatable bonds is 4. The standard InChI is InChI=1S/C19H16N4O5/c24-16-10-28-15-6-5-11(9-13(15)21-16)17(25)20-7-8-23-14-4-2-1-3-12(14)22-18(26)19(23)27/h1-6,9H,7-8,10H2,(H,20,25)(H,21,24)(H,22,26). The SMILES string of the molecule is O=C1COc2ccc(C(=O)NCCn3c(=O)c(=O)[nH]c4ccccc43)cc2N1. The lowest BCUT2D eigenvalue weighted by atomic mass is 10.1. The summed E-state index contributed by atoms with van der Waals surface area (Å²) in [6.45, 7) is 0.226. The Morgan fingerprint density at radius 1 is 1.14 bits per heavy atom. The molecule has 3 aromatic rings. The molecule has 1 aliphatic rings. The number of aromatic amines is 1. The minimum absolute atomic E-state index is 0.0581. The summed E-state index contributed by atoms with van der Waals surface area (Å²) in [6.07, 6.45) is 0. The van der Waals surface area contributed by atoms with Crippen molar-refractivity contribution in [1.29, 1.82) is 0 Å². The average molecular weight is 380 g/mol. The van der Waals surface area contributed by atoms with Gasteiger partial charge in [-0.05, 0) is 30.3 Å². The van der Waals surface area contributed by atoms with Crippen molar-refractivity contribution >= 4 is 28.5 Å². The maximum absolute atomic E-state index is 12.4. The van der Waals surface area contributed by atoms with Crippen LogP contribution in [0.3, 0.4) is 0 Å². The Bertz CT molecular complexity index is 1210. The smallest absolute Gasteiger partial charge is 0.316 e. The van der Waals surface area contributed by atoms with E-state index in [1.807, 2.05) is 0 Å². The Kier molecular flexibility index (Phi) is 4.40. The number of hydrogen-bond acceptors (Lipinski definition) is 5. The second kappa shape index (κ2) is 7.03. The highest BCUT2D eigenvalue weighted by Crippen LogP contribution is 2.28. The van der Waals surface area contributed by atoms with E-state index in [1.54, 1.807) is 36.4 Å². The highest BCUT2D eigenvalue weighted by Gasteiger charge is 2.17. The Balaban J connectivity index is 1.50. The number of aromatic nitrogens is 2. The van der Waals surface area contributed by atoms with Crippen LogP contribution in [0.2, 0.25) is 0 Å². The van der Waals surface area contributed by atoms with Crippen LogP contribution in [0.5, 0.6) is 5.75 Å². The minimum atomic E-state index is -0.713. The van der Waals surface area contributed by atoms with Crippen molar-refractivity contribution in [3.63, 3.8) is 0 Å². The van der Waals surface area contributed by atoms with E-state index in [0.29, 0.717) is 28.0 Å². The lowest BCUT2D eigenvalue weighted by molar-refractivity contribution is -0.118. The van der Waals surface area contributed by atoms with Crippen LogP contribution in [0.4, 0.5) is 5.69 Å². The van der Waals surface area contributed by atoms with Crippen LogP contribution >= 0.6 is 0 Å². The molecule has 1 aliphatic heterocycles. The third kappa shape index (κ3) is 3.25. The molecule has 28 heavy (non-hydrogen) atoms. The highest BCUT2D eigenvalue weighted by atomic mass is 16.5. The third-order valence-corrected chi connectivity index (χ3v) is 4.38. The van der Waals surface area contributed by atoms with Gasteiger partial charge in [0.1, 0.15) is 5.75 Å². The summed E-state index contributed by atoms with van der Waals surface area (Å²) in [7, 11) is 0. The zero-order chi connectivity index (χ0) is 19.7. The van der Waals surface area contributed by atoms with Gasteiger partial charge in [0.2, 0.25) is 0 Å². The van der Waals surface area contributed by atoms with E-state index in [2.05, 4.69) is 15.6 Å². The number of carbonyl (C=O) groups is 2. The number of ether oxygens (including phenoxy) is 1. The summed E-state index contributed by atoms with van der Waals surface area (Å²) in [5, 5.41) is 5.36. The number of amides is 2. The molecule has 2 heterocycles. The molecule has 2 amide bonds. The number of benzene rings is 2. The summed E-state index contributed by atoms with van der Waals surface area (Å²) in [6, 6.07) is 11.7. The first-order valence-electron chi connectivity index (χ1n) is 8.60. The fourth-order valence-corrected chi connectivity index (χ4v) is 3.05. The van der Waals surface area contributed by atoms with E-state index in [4.69, 9.17) is 4.74 Å². The Hall–Kier alpha value is -3.88. The van der Waals surface area contributed by atoms with Gasteiger partial charge in [-0.15, -0.1) is 0 Å². The largest absolute Gasteiger partial charge is 0.482 e. The normalized spacial score (nSPS) is 12.8. The van der Waals surface area contributed by atoms with Crippen molar-refractivity contribution in [3.8, 4) is 5.75 Å². The maximum Gasteiger partial charge on any atom is 0.316 e. The molecular formula is C19H16N4O5. The summed E-state index contributed by atoms with van der Waals surface area (Å²) < 4.78 is 6.59.